The third kappa shape index (κ3) is 5.06. The smallest absolute Gasteiger partial charge is 0.348 e. The van der Waals surface area contributed by atoms with Crippen LogP contribution in [0.15, 0.2) is 9.82 Å². The van der Waals surface area contributed by atoms with E-state index in [1.54, 1.807) is 11.7 Å². The van der Waals surface area contributed by atoms with Crippen LogP contribution in [0.2, 0.25) is 0 Å². The summed E-state index contributed by atoms with van der Waals surface area (Å²) in [4.78, 5) is 30.5. The third-order valence-corrected chi connectivity index (χ3v) is 4.96. The van der Waals surface area contributed by atoms with Gasteiger partial charge in [0.05, 0.1) is 12.4 Å². The van der Waals surface area contributed by atoms with Gasteiger partial charge in [-0.25, -0.2) is 4.79 Å². The monoisotopic (exact) mass is 354 g/mol. The van der Waals surface area contributed by atoms with E-state index in [9.17, 15) is 9.59 Å². The number of rotatable bonds is 9. The molecule has 7 nitrogen and oxygen atoms in total. The van der Waals surface area contributed by atoms with Crippen molar-refractivity contribution < 1.29 is 9.53 Å². The highest BCUT2D eigenvalue weighted by molar-refractivity contribution is 7.99. The molecule has 0 aliphatic heterocycles. The van der Waals surface area contributed by atoms with Crippen molar-refractivity contribution in [3.8, 4) is 0 Å². The summed E-state index contributed by atoms with van der Waals surface area (Å²) >= 11 is 1.35. The van der Waals surface area contributed by atoms with Crippen LogP contribution in [0, 0.1) is 0 Å². The van der Waals surface area contributed by atoms with E-state index in [2.05, 4.69) is 15.2 Å². The number of carbonyl (C=O) groups is 1. The minimum Gasteiger partial charge on any atom is -0.383 e. The SMILES string of the molecule is COCCNC(=O)CSc1nc(=O)n(CCN(C)C)c2c1CCC2. The Balaban J connectivity index is 2.06. The van der Waals surface area contributed by atoms with E-state index in [-0.39, 0.29) is 17.3 Å². The lowest BCUT2D eigenvalue weighted by Crippen LogP contribution is -2.32. The molecule has 24 heavy (non-hydrogen) atoms. The van der Waals surface area contributed by atoms with Gasteiger partial charge in [0.25, 0.3) is 0 Å². The lowest BCUT2D eigenvalue weighted by molar-refractivity contribution is -0.118. The fourth-order valence-corrected chi connectivity index (χ4v) is 3.62. The molecule has 0 spiro atoms. The van der Waals surface area contributed by atoms with Crippen molar-refractivity contribution >= 4 is 17.7 Å². The van der Waals surface area contributed by atoms with Crippen LogP contribution in [0.5, 0.6) is 0 Å². The second kappa shape index (κ2) is 9.19. The number of aromatic nitrogens is 2. The van der Waals surface area contributed by atoms with Crippen molar-refractivity contribution in [3.63, 3.8) is 0 Å². The van der Waals surface area contributed by atoms with Gasteiger partial charge >= 0.3 is 5.69 Å². The predicted molar refractivity (Wildman–Crippen MR) is 94.7 cm³/mol. The van der Waals surface area contributed by atoms with Gasteiger partial charge in [-0.05, 0) is 33.4 Å². The molecular formula is C16H26N4O3S. The Bertz CT molecular complexity index is 630. The number of amides is 1. The first kappa shape index (κ1) is 19.0. The molecule has 0 bridgehead atoms. The Morgan fingerprint density at radius 2 is 2.21 bits per heavy atom. The molecule has 134 valence electrons. The molecule has 0 fully saturated rings. The molecule has 1 heterocycles. The Hall–Kier alpha value is -1.38. The largest absolute Gasteiger partial charge is 0.383 e. The first-order valence-corrected chi connectivity index (χ1v) is 9.17. The molecule has 1 aliphatic carbocycles. The average molecular weight is 354 g/mol. The molecule has 0 aromatic carbocycles. The van der Waals surface area contributed by atoms with Crippen molar-refractivity contribution in [1.29, 1.82) is 0 Å². The van der Waals surface area contributed by atoms with Crippen LogP contribution >= 0.6 is 11.8 Å². The maximum absolute atomic E-state index is 12.4. The van der Waals surface area contributed by atoms with Crippen LogP contribution in [-0.2, 0) is 28.9 Å². The summed E-state index contributed by atoms with van der Waals surface area (Å²) in [6, 6.07) is 0. The topological polar surface area (TPSA) is 76.5 Å². The minimum absolute atomic E-state index is 0.0672. The highest BCUT2D eigenvalue weighted by Gasteiger charge is 2.22. The van der Waals surface area contributed by atoms with Gasteiger partial charge in [-0.1, -0.05) is 11.8 Å². The minimum atomic E-state index is -0.209. The fraction of sp³-hybridized carbons (Fsp3) is 0.688. The lowest BCUT2D eigenvalue weighted by Gasteiger charge is -2.16. The van der Waals surface area contributed by atoms with Crippen molar-refractivity contribution in [2.75, 3.05) is 46.7 Å². The molecule has 0 atom stereocenters. The van der Waals surface area contributed by atoms with Crippen LogP contribution in [0.3, 0.4) is 0 Å². The summed E-state index contributed by atoms with van der Waals surface area (Å²) in [5.74, 6) is 0.201. The van der Waals surface area contributed by atoms with E-state index >= 15 is 0 Å². The van der Waals surface area contributed by atoms with Gasteiger partial charge < -0.3 is 15.0 Å². The van der Waals surface area contributed by atoms with E-state index in [4.69, 9.17) is 4.74 Å². The number of thioether (sulfide) groups is 1. The number of hydrogen-bond donors (Lipinski definition) is 1. The van der Waals surface area contributed by atoms with Gasteiger partial charge in [0.1, 0.15) is 5.03 Å². The first-order valence-electron chi connectivity index (χ1n) is 8.18. The van der Waals surface area contributed by atoms with Crippen molar-refractivity contribution in [2.24, 2.45) is 0 Å². The molecule has 1 N–H and O–H groups in total. The zero-order chi connectivity index (χ0) is 17.5. The number of fused-ring (bicyclic) bond motifs is 1. The molecule has 2 rings (SSSR count). The quantitative estimate of drug-likeness (QED) is 0.386. The van der Waals surface area contributed by atoms with Crippen molar-refractivity contribution in [1.82, 2.24) is 19.8 Å². The predicted octanol–water partition coefficient (Wildman–Crippen LogP) is 0.148. The number of nitrogens with one attached hydrogen (secondary N) is 1. The van der Waals surface area contributed by atoms with Gasteiger partial charge in [0.2, 0.25) is 5.91 Å². The highest BCUT2D eigenvalue weighted by atomic mass is 32.2. The Morgan fingerprint density at radius 1 is 1.42 bits per heavy atom. The molecular weight excluding hydrogens is 328 g/mol. The van der Waals surface area contributed by atoms with E-state index < -0.39 is 0 Å². The number of hydrogen-bond acceptors (Lipinski definition) is 6. The number of likely N-dealkylation sites (N-methyl/N-ethyl adjacent to an activating group) is 1. The molecule has 8 heteroatoms. The zero-order valence-corrected chi connectivity index (χ0v) is 15.4. The Morgan fingerprint density at radius 3 is 2.92 bits per heavy atom. The van der Waals surface area contributed by atoms with Crippen molar-refractivity contribution in [2.45, 2.75) is 30.8 Å². The normalized spacial score (nSPS) is 13.3. The summed E-state index contributed by atoms with van der Waals surface area (Å²) < 4.78 is 6.70. The van der Waals surface area contributed by atoms with Crippen LogP contribution < -0.4 is 11.0 Å². The van der Waals surface area contributed by atoms with Crippen LogP contribution in [0.25, 0.3) is 0 Å². The first-order chi connectivity index (χ1) is 11.5. The Labute approximate surface area is 146 Å². The molecule has 1 aromatic rings. The summed E-state index contributed by atoms with van der Waals surface area (Å²) in [6.45, 7) is 2.45. The van der Waals surface area contributed by atoms with Crippen LogP contribution in [0.4, 0.5) is 0 Å². The van der Waals surface area contributed by atoms with Crippen LogP contribution in [0.1, 0.15) is 17.7 Å². The number of ether oxygens (including phenoxy) is 1. The molecule has 1 amide bonds. The molecule has 1 aromatic heterocycles. The van der Waals surface area contributed by atoms with Gasteiger partial charge in [-0.3, -0.25) is 9.36 Å². The zero-order valence-electron chi connectivity index (χ0n) is 14.6. The number of carbonyl (C=O) groups excluding carboxylic acids is 1. The maximum Gasteiger partial charge on any atom is 0.348 e. The van der Waals surface area contributed by atoms with E-state index in [1.165, 1.54) is 11.8 Å². The molecule has 1 aliphatic rings. The fourth-order valence-electron chi connectivity index (χ4n) is 2.71. The van der Waals surface area contributed by atoms with E-state index in [0.717, 1.165) is 42.1 Å². The summed E-state index contributed by atoms with van der Waals surface area (Å²) in [7, 11) is 5.58. The second-order valence-corrected chi connectivity index (χ2v) is 7.03. The highest BCUT2D eigenvalue weighted by Crippen LogP contribution is 2.28. The second-order valence-electron chi connectivity index (χ2n) is 6.06. The third-order valence-electron chi connectivity index (χ3n) is 3.94. The van der Waals surface area contributed by atoms with Gasteiger partial charge in [-0.15, -0.1) is 0 Å². The summed E-state index contributed by atoms with van der Waals surface area (Å²) in [6.07, 6.45) is 2.88. The van der Waals surface area contributed by atoms with Crippen LogP contribution in [-0.4, -0.2) is 67.0 Å². The van der Waals surface area contributed by atoms with Gasteiger partial charge in [-0.2, -0.15) is 4.98 Å². The maximum atomic E-state index is 12.4. The molecule has 0 saturated heterocycles. The van der Waals surface area contributed by atoms with E-state index in [0.29, 0.717) is 19.7 Å². The van der Waals surface area contributed by atoms with Crippen molar-refractivity contribution in [3.05, 3.63) is 21.7 Å². The van der Waals surface area contributed by atoms with Gasteiger partial charge in [0, 0.05) is 38.0 Å². The standard InChI is InChI=1S/C16H26N4O3S/c1-19(2)8-9-20-13-6-4-5-12(13)15(18-16(20)22)24-11-14(21)17-7-10-23-3/h4-11H2,1-3H3,(H,17,21). The number of methoxy groups -OCH3 is 1. The molecule has 0 radical (unpaired) electrons. The Kier molecular flexibility index (Phi) is 7.26. The average Bonchev–Trinajstić information content (AvgIpc) is 3.01. The molecule has 0 unspecified atom stereocenters. The van der Waals surface area contributed by atoms with E-state index in [1.807, 2.05) is 14.1 Å². The molecule has 0 saturated carbocycles. The number of nitrogens with zero attached hydrogens (tertiary/aromatic N) is 3. The van der Waals surface area contributed by atoms with Gasteiger partial charge in [0.15, 0.2) is 0 Å². The summed E-state index contributed by atoms with van der Waals surface area (Å²) in [5, 5.41) is 3.50. The summed E-state index contributed by atoms with van der Waals surface area (Å²) in [5.41, 5.74) is 2.03. The lowest BCUT2D eigenvalue weighted by atomic mass is 10.2.